The van der Waals surface area contributed by atoms with Crippen molar-refractivity contribution in [2.75, 3.05) is 30.9 Å². The number of halogens is 1. The standard InChI is InChI=1S/C16H19BrN2/c1-19(2)16-9-8-14(17)12-15(16)18-11-10-13-6-4-3-5-7-13/h3-9,12,18H,10-11H2,1-2H3. The first-order chi connectivity index (χ1) is 9.16. The summed E-state index contributed by atoms with van der Waals surface area (Å²) in [6.07, 6.45) is 1.03. The van der Waals surface area contributed by atoms with Crippen molar-refractivity contribution in [2.24, 2.45) is 0 Å². The molecular weight excluding hydrogens is 300 g/mol. The Morgan fingerprint density at radius 2 is 1.79 bits per heavy atom. The van der Waals surface area contributed by atoms with Crippen LogP contribution in [0.15, 0.2) is 53.0 Å². The molecule has 1 N–H and O–H groups in total. The SMILES string of the molecule is CN(C)c1ccc(Br)cc1NCCc1ccccc1. The van der Waals surface area contributed by atoms with Crippen LogP contribution in [0.3, 0.4) is 0 Å². The van der Waals surface area contributed by atoms with Crippen LogP contribution in [-0.4, -0.2) is 20.6 Å². The minimum absolute atomic E-state index is 0.932. The summed E-state index contributed by atoms with van der Waals surface area (Å²) < 4.78 is 1.10. The van der Waals surface area contributed by atoms with Crippen LogP contribution in [0, 0.1) is 0 Å². The van der Waals surface area contributed by atoms with Crippen LogP contribution in [0.25, 0.3) is 0 Å². The third kappa shape index (κ3) is 4.00. The Kier molecular flexibility index (Phi) is 4.86. The lowest BCUT2D eigenvalue weighted by molar-refractivity contribution is 1.01. The molecule has 0 atom stereocenters. The fourth-order valence-corrected chi connectivity index (χ4v) is 2.39. The van der Waals surface area contributed by atoms with Gasteiger partial charge in [-0.15, -0.1) is 0 Å². The van der Waals surface area contributed by atoms with Gasteiger partial charge in [0, 0.05) is 25.1 Å². The number of nitrogens with one attached hydrogen (secondary N) is 1. The zero-order chi connectivity index (χ0) is 13.7. The Labute approximate surface area is 123 Å². The average molecular weight is 319 g/mol. The summed E-state index contributed by atoms with van der Waals surface area (Å²) in [7, 11) is 4.12. The van der Waals surface area contributed by atoms with Gasteiger partial charge < -0.3 is 10.2 Å². The summed E-state index contributed by atoms with van der Waals surface area (Å²) in [5.74, 6) is 0. The molecule has 2 nitrogen and oxygen atoms in total. The number of hydrogen-bond donors (Lipinski definition) is 1. The van der Waals surface area contributed by atoms with Gasteiger partial charge in [0.1, 0.15) is 0 Å². The highest BCUT2D eigenvalue weighted by Gasteiger charge is 2.04. The highest BCUT2D eigenvalue weighted by atomic mass is 79.9. The second-order valence-electron chi connectivity index (χ2n) is 4.72. The highest BCUT2D eigenvalue weighted by molar-refractivity contribution is 9.10. The lowest BCUT2D eigenvalue weighted by Crippen LogP contribution is -2.13. The van der Waals surface area contributed by atoms with Crippen molar-refractivity contribution in [1.29, 1.82) is 0 Å². The Morgan fingerprint density at radius 3 is 2.47 bits per heavy atom. The minimum atomic E-state index is 0.932. The summed E-state index contributed by atoms with van der Waals surface area (Å²) in [4.78, 5) is 2.12. The van der Waals surface area contributed by atoms with Gasteiger partial charge in [0.2, 0.25) is 0 Å². The van der Waals surface area contributed by atoms with Crippen LogP contribution in [-0.2, 0) is 6.42 Å². The van der Waals surface area contributed by atoms with E-state index in [1.54, 1.807) is 0 Å². The summed E-state index contributed by atoms with van der Waals surface area (Å²) in [6.45, 7) is 0.932. The van der Waals surface area contributed by atoms with Crippen molar-refractivity contribution in [3.8, 4) is 0 Å². The van der Waals surface area contributed by atoms with Gasteiger partial charge in [-0.3, -0.25) is 0 Å². The first-order valence-electron chi connectivity index (χ1n) is 6.41. The molecule has 2 rings (SSSR count). The van der Waals surface area contributed by atoms with E-state index in [9.17, 15) is 0 Å². The molecule has 0 aliphatic rings. The number of nitrogens with zero attached hydrogens (tertiary/aromatic N) is 1. The number of benzene rings is 2. The molecule has 2 aromatic carbocycles. The summed E-state index contributed by atoms with van der Waals surface area (Å²) in [6, 6.07) is 16.9. The lowest BCUT2D eigenvalue weighted by atomic mass is 10.1. The van der Waals surface area contributed by atoms with Crippen molar-refractivity contribution in [3.63, 3.8) is 0 Å². The zero-order valence-electron chi connectivity index (χ0n) is 11.4. The number of anilines is 2. The molecule has 0 aliphatic heterocycles. The Bertz CT molecular complexity index is 524. The van der Waals surface area contributed by atoms with Gasteiger partial charge in [0.25, 0.3) is 0 Å². The van der Waals surface area contributed by atoms with E-state index in [0.29, 0.717) is 0 Å². The second kappa shape index (κ2) is 6.62. The molecule has 3 heteroatoms. The van der Waals surface area contributed by atoms with E-state index >= 15 is 0 Å². The van der Waals surface area contributed by atoms with E-state index < -0.39 is 0 Å². The summed E-state index contributed by atoms with van der Waals surface area (Å²) >= 11 is 3.52. The molecule has 0 heterocycles. The van der Waals surface area contributed by atoms with Crippen LogP contribution < -0.4 is 10.2 Å². The normalized spacial score (nSPS) is 10.3. The van der Waals surface area contributed by atoms with Crippen molar-refractivity contribution in [2.45, 2.75) is 6.42 Å². The third-order valence-corrected chi connectivity index (χ3v) is 3.51. The van der Waals surface area contributed by atoms with Gasteiger partial charge in [-0.25, -0.2) is 0 Å². The molecule has 19 heavy (non-hydrogen) atoms. The van der Waals surface area contributed by atoms with Gasteiger partial charge >= 0.3 is 0 Å². The largest absolute Gasteiger partial charge is 0.383 e. The minimum Gasteiger partial charge on any atom is -0.383 e. The molecule has 0 radical (unpaired) electrons. The highest BCUT2D eigenvalue weighted by Crippen LogP contribution is 2.27. The molecule has 100 valence electrons. The van der Waals surface area contributed by atoms with Crippen molar-refractivity contribution >= 4 is 27.3 Å². The topological polar surface area (TPSA) is 15.3 Å². The molecule has 0 aliphatic carbocycles. The zero-order valence-corrected chi connectivity index (χ0v) is 12.9. The van der Waals surface area contributed by atoms with E-state index in [1.807, 2.05) is 0 Å². The van der Waals surface area contributed by atoms with Crippen LogP contribution in [0.4, 0.5) is 11.4 Å². The van der Waals surface area contributed by atoms with E-state index in [2.05, 4.69) is 88.8 Å². The van der Waals surface area contributed by atoms with Crippen molar-refractivity contribution in [3.05, 3.63) is 58.6 Å². The molecule has 0 saturated heterocycles. The van der Waals surface area contributed by atoms with Crippen molar-refractivity contribution in [1.82, 2.24) is 0 Å². The number of rotatable bonds is 5. The maximum Gasteiger partial charge on any atom is 0.0597 e. The molecule has 0 fully saturated rings. The van der Waals surface area contributed by atoms with E-state index in [4.69, 9.17) is 0 Å². The van der Waals surface area contributed by atoms with Crippen LogP contribution in [0.1, 0.15) is 5.56 Å². The molecule has 0 aromatic heterocycles. The fourth-order valence-electron chi connectivity index (χ4n) is 2.03. The van der Waals surface area contributed by atoms with Gasteiger partial charge in [-0.2, -0.15) is 0 Å². The molecular formula is C16H19BrN2. The van der Waals surface area contributed by atoms with Crippen LogP contribution in [0.5, 0.6) is 0 Å². The molecule has 0 bridgehead atoms. The molecule has 0 saturated carbocycles. The van der Waals surface area contributed by atoms with Gasteiger partial charge in [-0.1, -0.05) is 46.3 Å². The lowest BCUT2D eigenvalue weighted by Gasteiger charge is -2.19. The average Bonchev–Trinajstić information content (AvgIpc) is 2.39. The Morgan fingerprint density at radius 1 is 1.05 bits per heavy atom. The maximum absolute atomic E-state index is 3.52. The molecule has 0 unspecified atom stereocenters. The molecule has 2 aromatic rings. The first-order valence-corrected chi connectivity index (χ1v) is 7.21. The van der Waals surface area contributed by atoms with E-state index in [-0.39, 0.29) is 0 Å². The summed E-state index contributed by atoms with van der Waals surface area (Å²) in [5.41, 5.74) is 3.72. The van der Waals surface area contributed by atoms with E-state index in [1.165, 1.54) is 11.3 Å². The smallest absolute Gasteiger partial charge is 0.0597 e. The Hall–Kier alpha value is -1.48. The first kappa shape index (κ1) is 13.9. The Balaban J connectivity index is 2.01. The fraction of sp³-hybridized carbons (Fsp3) is 0.250. The van der Waals surface area contributed by atoms with Crippen LogP contribution >= 0.6 is 15.9 Å². The van der Waals surface area contributed by atoms with E-state index in [0.717, 1.165) is 23.1 Å². The molecule has 0 amide bonds. The van der Waals surface area contributed by atoms with Gasteiger partial charge in [-0.05, 0) is 30.2 Å². The predicted molar refractivity (Wildman–Crippen MR) is 87.1 cm³/mol. The molecule has 0 spiro atoms. The maximum atomic E-state index is 3.52. The predicted octanol–water partition coefficient (Wildman–Crippen LogP) is 4.17. The monoisotopic (exact) mass is 318 g/mol. The van der Waals surface area contributed by atoms with Gasteiger partial charge in [0.05, 0.1) is 11.4 Å². The van der Waals surface area contributed by atoms with Gasteiger partial charge in [0.15, 0.2) is 0 Å². The third-order valence-electron chi connectivity index (χ3n) is 3.01. The number of hydrogen-bond acceptors (Lipinski definition) is 2. The second-order valence-corrected chi connectivity index (χ2v) is 5.63. The van der Waals surface area contributed by atoms with Crippen LogP contribution in [0.2, 0.25) is 0 Å². The summed E-state index contributed by atoms with van der Waals surface area (Å²) in [5, 5.41) is 3.51. The van der Waals surface area contributed by atoms with Crippen molar-refractivity contribution < 1.29 is 0 Å². The quantitative estimate of drug-likeness (QED) is 0.890.